The van der Waals surface area contributed by atoms with E-state index in [1.54, 1.807) is 12.4 Å². The van der Waals surface area contributed by atoms with Gasteiger partial charge in [-0.15, -0.1) is 0 Å². The predicted molar refractivity (Wildman–Crippen MR) is 69.2 cm³/mol. The highest BCUT2D eigenvalue weighted by molar-refractivity contribution is 7.97. The van der Waals surface area contributed by atoms with E-state index in [-0.39, 0.29) is 0 Å². The smallest absolute Gasteiger partial charge is 0.202 e. The first-order chi connectivity index (χ1) is 7.86. The van der Waals surface area contributed by atoms with Crippen molar-refractivity contribution in [2.24, 2.45) is 5.92 Å². The van der Waals surface area contributed by atoms with Crippen molar-refractivity contribution in [1.29, 1.82) is 0 Å². The maximum absolute atomic E-state index is 4.15. The van der Waals surface area contributed by atoms with E-state index in [0.29, 0.717) is 0 Å². The van der Waals surface area contributed by atoms with Crippen molar-refractivity contribution in [3.05, 3.63) is 18.5 Å². The Kier molecular flexibility index (Phi) is 7.17. The second kappa shape index (κ2) is 8.53. The summed E-state index contributed by atoms with van der Waals surface area (Å²) in [4.78, 5) is 8.31. The SMILES string of the molecule is CCCCC(CC)CNSc1ncccn1. The van der Waals surface area contributed by atoms with Gasteiger partial charge < -0.3 is 0 Å². The summed E-state index contributed by atoms with van der Waals surface area (Å²) in [7, 11) is 0. The van der Waals surface area contributed by atoms with E-state index in [1.165, 1.54) is 37.6 Å². The van der Waals surface area contributed by atoms with Gasteiger partial charge in [0, 0.05) is 18.9 Å². The summed E-state index contributed by atoms with van der Waals surface area (Å²) in [5, 5.41) is 0.799. The average molecular weight is 239 g/mol. The summed E-state index contributed by atoms with van der Waals surface area (Å²) in [5.74, 6) is 0.774. The summed E-state index contributed by atoms with van der Waals surface area (Å²) in [5.41, 5.74) is 0. The second-order valence-corrected chi connectivity index (χ2v) is 4.76. The van der Waals surface area contributed by atoms with Crippen LogP contribution in [0.25, 0.3) is 0 Å². The van der Waals surface area contributed by atoms with Gasteiger partial charge in [-0.25, -0.2) is 9.97 Å². The molecule has 1 aromatic rings. The number of nitrogens with zero attached hydrogens (tertiary/aromatic N) is 2. The quantitative estimate of drug-likeness (QED) is 0.558. The molecule has 16 heavy (non-hydrogen) atoms. The minimum atomic E-state index is 0.774. The summed E-state index contributed by atoms with van der Waals surface area (Å²) in [6, 6.07) is 1.83. The average Bonchev–Trinajstić information content (AvgIpc) is 2.35. The Balaban J connectivity index is 2.18. The van der Waals surface area contributed by atoms with Gasteiger partial charge in [0.1, 0.15) is 0 Å². The van der Waals surface area contributed by atoms with Crippen LogP contribution in [-0.4, -0.2) is 16.5 Å². The van der Waals surface area contributed by atoms with Crippen molar-refractivity contribution >= 4 is 11.9 Å². The first-order valence-corrected chi connectivity index (χ1v) is 6.85. The zero-order valence-corrected chi connectivity index (χ0v) is 11.0. The van der Waals surface area contributed by atoms with Crippen LogP contribution in [0.5, 0.6) is 0 Å². The molecule has 0 aliphatic heterocycles. The van der Waals surface area contributed by atoms with Crippen LogP contribution in [0.1, 0.15) is 39.5 Å². The highest BCUT2D eigenvalue weighted by atomic mass is 32.2. The lowest BCUT2D eigenvalue weighted by Gasteiger charge is -2.14. The van der Waals surface area contributed by atoms with Crippen LogP contribution in [0.2, 0.25) is 0 Å². The molecule has 0 amide bonds. The molecule has 1 N–H and O–H groups in total. The summed E-state index contributed by atoms with van der Waals surface area (Å²) in [6.45, 7) is 5.54. The van der Waals surface area contributed by atoms with Gasteiger partial charge in [-0.2, -0.15) is 0 Å². The first-order valence-electron chi connectivity index (χ1n) is 6.03. The zero-order chi connectivity index (χ0) is 11.6. The van der Waals surface area contributed by atoms with Crippen molar-refractivity contribution in [3.8, 4) is 0 Å². The lowest BCUT2D eigenvalue weighted by molar-refractivity contribution is 0.451. The molecule has 0 bridgehead atoms. The highest BCUT2D eigenvalue weighted by Crippen LogP contribution is 2.14. The molecule has 1 atom stereocenters. The van der Waals surface area contributed by atoms with Crippen LogP contribution in [0.3, 0.4) is 0 Å². The molecule has 0 saturated carbocycles. The Morgan fingerprint density at radius 1 is 1.31 bits per heavy atom. The molecule has 0 radical (unpaired) electrons. The summed E-state index contributed by atoms with van der Waals surface area (Å²) >= 11 is 1.53. The van der Waals surface area contributed by atoms with Crippen LogP contribution >= 0.6 is 11.9 Å². The van der Waals surface area contributed by atoms with Gasteiger partial charge in [0.15, 0.2) is 0 Å². The Morgan fingerprint density at radius 3 is 2.69 bits per heavy atom. The van der Waals surface area contributed by atoms with Crippen molar-refractivity contribution in [3.63, 3.8) is 0 Å². The lowest BCUT2D eigenvalue weighted by Crippen LogP contribution is -2.16. The Hall–Kier alpha value is -0.610. The van der Waals surface area contributed by atoms with Crippen LogP contribution < -0.4 is 4.72 Å². The van der Waals surface area contributed by atoms with Gasteiger partial charge in [0.05, 0.1) is 0 Å². The highest BCUT2D eigenvalue weighted by Gasteiger charge is 2.05. The van der Waals surface area contributed by atoms with Crippen LogP contribution in [0.15, 0.2) is 23.6 Å². The molecule has 1 unspecified atom stereocenters. The van der Waals surface area contributed by atoms with Gasteiger partial charge in [-0.3, -0.25) is 4.72 Å². The maximum Gasteiger partial charge on any atom is 0.202 e. The third-order valence-electron chi connectivity index (χ3n) is 2.62. The molecular weight excluding hydrogens is 218 g/mol. The molecule has 1 aromatic heterocycles. The minimum Gasteiger partial charge on any atom is -0.257 e. The standard InChI is InChI=1S/C12H21N3S/c1-3-5-7-11(4-2)10-15-16-12-13-8-6-9-14-12/h6,8-9,11,15H,3-5,7,10H2,1-2H3. The minimum absolute atomic E-state index is 0.774. The molecule has 1 rings (SSSR count). The van der Waals surface area contributed by atoms with E-state index >= 15 is 0 Å². The van der Waals surface area contributed by atoms with Crippen molar-refractivity contribution in [2.45, 2.75) is 44.7 Å². The number of aromatic nitrogens is 2. The topological polar surface area (TPSA) is 37.8 Å². The molecule has 0 spiro atoms. The molecule has 0 fully saturated rings. The Bertz CT molecular complexity index is 266. The van der Waals surface area contributed by atoms with Crippen LogP contribution in [0, 0.1) is 5.92 Å². The third kappa shape index (κ3) is 5.47. The van der Waals surface area contributed by atoms with Gasteiger partial charge >= 0.3 is 0 Å². The second-order valence-electron chi connectivity index (χ2n) is 3.90. The van der Waals surface area contributed by atoms with E-state index in [2.05, 4.69) is 28.5 Å². The van der Waals surface area contributed by atoms with Gasteiger partial charge in [-0.05, 0) is 30.4 Å². The summed E-state index contributed by atoms with van der Waals surface area (Å²) < 4.78 is 3.35. The van der Waals surface area contributed by atoms with E-state index in [0.717, 1.165) is 17.6 Å². The number of rotatable bonds is 8. The number of hydrogen-bond acceptors (Lipinski definition) is 4. The van der Waals surface area contributed by atoms with E-state index in [1.807, 2.05) is 6.07 Å². The summed E-state index contributed by atoms with van der Waals surface area (Å²) in [6.07, 6.45) is 8.70. The molecule has 1 heterocycles. The zero-order valence-electron chi connectivity index (χ0n) is 10.1. The normalized spacial score (nSPS) is 12.6. The lowest BCUT2D eigenvalue weighted by atomic mass is 10.00. The molecule has 90 valence electrons. The predicted octanol–water partition coefficient (Wildman–Crippen LogP) is 3.29. The Labute approximate surface area is 103 Å². The first kappa shape index (κ1) is 13.5. The number of unbranched alkanes of at least 4 members (excludes halogenated alkanes) is 1. The monoisotopic (exact) mass is 239 g/mol. The van der Waals surface area contributed by atoms with Crippen LogP contribution in [0.4, 0.5) is 0 Å². The maximum atomic E-state index is 4.15. The molecule has 0 aliphatic rings. The molecular formula is C12H21N3S. The molecule has 4 heteroatoms. The van der Waals surface area contributed by atoms with Crippen molar-refractivity contribution < 1.29 is 0 Å². The Morgan fingerprint density at radius 2 is 2.06 bits per heavy atom. The fraction of sp³-hybridized carbons (Fsp3) is 0.667. The molecule has 0 aliphatic carbocycles. The van der Waals surface area contributed by atoms with E-state index in [9.17, 15) is 0 Å². The van der Waals surface area contributed by atoms with Gasteiger partial charge in [0.25, 0.3) is 0 Å². The third-order valence-corrected chi connectivity index (χ3v) is 3.33. The van der Waals surface area contributed by atoms with E-state index in [4.69, 9.17) is 0 Å². The molecule has 0 saturated heterocycles. The van der Waals surface area contributed by atoms with Gasteiger partial charge in [-0.1, -0.05) is 33.1 Å². The fourth-order valence-electron chi connectivity index (χ4n) is 1.51. The van der Waals surface area contributed by atoms with Crippen molar-refractivity contribution in [2.75, 3.05) is 6.54 Å². The van der Waals surface area contributed by atoms with Gasteiger partial charge in [0.2, 0.25) is 5.16 Å². The fourth-order valence-corrected chi connectivity index (χ4v) is 2.18. The number of nitrogens with one attached hydrogen (secondary N) is 1. The molecule has 3 nitrogen and oxygen atoms in total. The van der Waals surface area contributed by atoms with Crippen molar-refractivity contribution in [1.82, 2.24) is 14.7 Å². The van der Waals surface area contributed by atoms with Crippen LogP contribution in [-0.2, 0) is 0 Å². The molecule has 0 aromatic carbocycles. The number of hydrogen-bond donors (Lipinski definition) is 1. The largest absolute Gasteiger partial charge is 0.257 e. The van der Waals surface area contributed by atoms with E-state index < -0.39 is 0 Å².